The Labute approximate surface area is 107 Å². The SMILES string of the molecule is CCCC(NC(C)C(C)(C)C)c1ccccc1. The smallest absolute Gasteiger partial charge is 0.0322 e. The minimum atomic E-state index is 0.306. The molecule has 1 aromatic carbocycles. The molecule has 2 unspecified atom stereocenters. The van der Waals surface area contributed by atoms with Crippen LogP contribution in [0.4, 0.5) is 0 Å². The average Bonchev–Trinajstić information content (AvgIpc) is 2.28. The number of hydrogen-bond donors (Lipinski definition) is 1. The fraction of sp³-hybridized carbons (Fsp3) is 0.625. The first-order valence-corrected chi connectivity index (χ1v) is 6.76. The van der Waals surface area contributed by atoms with E-state index < -0.39 is 0 Å². The van der Waals surface area contributed by atoms with Gasteiger partial charge in [0.25, 0.3) is 0 Å². The molecule has 0 aliphatic heterocycles. The third-order valence-corrected chi connectivity index (χ3v) is 3.53. The first-order chi connectivity index (χ1) is 7.95. The van der Waals surface area contributed by atoms with Crippen molar-refractivity contribution in [2.45, 2.75) is 59.5 Å². The molecule has 0 aromatic heterocycles. The van der Waals surface area contributed by atoms with Crippen LogP contribution in [0.5, 0.6) is 0 Å². The van der Waals surface area contributed by atoms with E-state index in [9.17, 15) is 0 Å². The Kier molecular flexibility index (Phi) is 5.20. The Bertz CT molecular complexity index is 310. The Morgan fingerprint density at radius 2 is 1.71 bits per heavy atom. The van der Waals surface area contributed by atoms with Crippen molar-refractivity contribution in [3.63, 3.8) is 0 Å². The Balaban J connectivity index is 2.74. The molecule has 1 rings (SSSR count). The first-order valence-electron chi connectivity index (χ1n) is 6.76. The van der Waals surface area contributed by atoms with Crippen LogP contribution >= 0.6 is 0 Å². The summed E-state index contributed by atoms with van der Waals surface area (Å²) >= 11 is 0. The molecule has 0 bridgehead atoms. The minimum absolute atomic E-state index is 0.306. The molecule has 1 aromatic rings. The summed E-state index contributed by atoms with van der Waals surface area (Å²) in [6, 6.07) is 11.8. The maximum atomic E-state index is 3.77. The van der Waals surface area contributed by atoms with E-state index in [-0.39, 0.29) is 0 Å². The third kappa shape index (κ3) is 4.51. The van der Waals surface area contributed by atoms with Gasteiger partial charge in [-0.2, -0.15) is 0 Å². The Hall–Kier alpha value is -0.820. The zero-order chi connectivity index (χ0) is 12.9. The van der Waals surface area contributed by atoms with Crippen LogP contribution < -0.4 is 5.32 Å². The zero-order valence-corrected chi connectivity index (χ0v) is 12.0. The van der Waals surface area contributed by atoms with Gasteiger partial charge in [0, 0.05) is 12.1 Å². The molecule has 0 fully saturated rings. The minimum Gasteiger partial charge on any atom is -0.307 e. The van der Waals surface area contributed by atoms with Crippen LogP contribution in [0.1, 0.15) is 59.1 Å². The second-order valence-corrected chi connectivity index (χ2v) is 6.01. The standard InChI is InChI=1S/C16H27N/c1-6-10-15(14-11-8-7-9-12-14)17-13(2)16(3,4)5/h7-9,11-13,15,17H,6,10H2,1-5H3. The van der Waals surface area contributed by atoms with Crippen LogP contribution in [0.3, 0.4) is 0 Å². The summed E-state index contributed by atoms with van der Waals surface area (Å²) < 4.78 is 0. The molecular weight excluding hydrogens is 206 g/mol. The van der Waals surface area contributed by atoms with Gasteiger partial charge in [-0.25, -0.2) is 0 Å². The summed E-state index contributed by atoms with van der Waals surface area (Å²) in [4.78, 5) is 0. The van der Waals surface area contributed by atoms with Crippen LogP contribution in [0.2, 0.25) is 0 Å². The molecule has 1 heteroatoms. The van der Waals surface area contributed by atoms with E-state index in [1.165, 1.54) is 18.4 Å². The van der Waals surface area contributed by atoms with E-state index in [0.29, 0.717) is 17.5 Å². The summed E-state index contributed by atoms with van der Waals surface area (Å²) in [7, 11) is 0. The lowest BCUT2D eigenvalue weighted by molar-refractivity contribution is 0.258. The Morgan fingerprint density at radius 3 is 2.18 bits per heavy atom. The highest BCUT2D eigenvalue weighted by atomic mass is 15.0. The van der Waals surface area contributed by atoms with Gasteiger partial charge in [0.05, 0.1) is 0 Å². The largest absolute Gasteiger partial charge is 0.307 e. The highest BCUT2D eigenvalue weighted by molar-refractivity contribution is 5.19. The molecule has 0 saturated carbocycles. The normalized spacial score (nSPS) is 15.6. The zero-order valence-electron chi connectivity index (χ0n) is 12.0. The fourth-order valence-electron chi connectivity index (χ4n) is 1.87. The molecule has 96 valence electrons. The Morgan fingerprint density at radius 1 is 1.12 bits per heavy atom. The summed E-state index contributed by atoms with van der Waals surface area (Å²) in [5.74, 6) is 0. The van der Waals surface area contributed by atoms with Crippen molar-refractivity contribution in [1.29, 1.82) is 0 Å². The summed E-state index contributed by atoms with van der Waals surface area (Å²) in [6.07, 6.45) is 2.41. The van der Waals surface area contributed by atoms with Crippen molar-refractivity contribution in [3.8, 4) is 0 Å². The van der Waals surface area contributed by atoms with E-state index in [1.807, 2.05) is 0 Å². The molecule has 0 amide bonds. The second kappa shape index (κ2) is 6.20. The maximum absolute atomic E-state index is 3.77. The number of benzene rings is 1. The number of rotatable bonds is 5. The third-order valence-electron chi connectivity index (χ3n) is 3.53. The van der Waals surface area contributed by atoms with Crippen LogP contribution in [-0.2, 0) is 0 Å². The molecule has 1 nitrogen and oxygen atoms in total. The van der Waals surface area contributed by atoms with Gasteiger partial charge in [0.1, 0.15) is 0 Å². The van der Waals surface area contributed by atoms with E-state index in [2.05, 4.69) is 70.3 Å². The van der Waals surface area contributed by atoms with E-state index >= 15 is 0 Å². The van der Waals surface area contributed by atoms with Gasteiger partial charge in [-0.1, -0.05) is 64.4 Å². The predicted octanol–water partition coefficient (Wildman–Crippen LogP) is 4.55. The number of nitrogens with one attached hydrogen (secondary N) is 1. The predicted molar refractivity (Wildman–Crippen MR) is 76.1 cm³/mol. The average molecular weight is 233 g/mol. The molecule has 17 heavy (non-hydrogen) atoms. The van der Waals surface area contributed by atoms with Crippen molar-refractivity contribution >= 4 is 0 Å². The molecule has 0 aliphatic rings. The van der Waals surface area contributed by atoms with Gasteiger partial charge in [0.15, 0.2) is 0 Å². The van der Waals surface area contributed by atoms with Crippen molar-refractivity contribution in [3.05, 3.63) is 35.9 Å². The van der Waals surface area contributed by atoms with Crippen LogP contribution in [0.25, 0.3) is 0 Å². The van der Waals surface area contributed by atoms with Crippen molar-refractivity contribution < 1.29 is 0 Å². The lowest BCUT2D eigenvalue weighted by atomic mass is 9.86. The molecule has 0 aliphatic carbocycles. The van der Waals surface area contributed by atoms with Crippen molar-refractivity contribution in [1.82, 2.24) is 5.32 Å². The van der Waals surface area contributed by atoms with Gasteiger partial charge < -0.3 is 5.32 Å². The van der Waals surface area contributed by atoms with Gasteiger partial charge in [-0.3, -0.25) is 0 Å². The van der Waals surface area contributed by atoms with Crippen LogP contribution in [-0.4, -0.2) is 6.04 Å². The molecule has 1 N–H and O–H groups in total. The molecule has 0 spiro atoms. The van der Waals surface area contributed by atoms with E-state index in [0.717, 1.165) is 0 Å². The summed E-state index contributed by atoms with van der Waals surface area (Å²) in [6.45, 7) is 11.4. The summed E-state index contributed by atoms with van der Waals surface area (Å²) in [5, 5.41) is 3.77. The number of hydrogen-bond acceptors (Lipinski definition) is 1. The van der Waals surface area contributed by atoms with Crippen molar-refractivity contribution in [2.24, 2.45) is 5.41 Å². The van der Waals surface area contributed by atoms with Gasteiger partial charge >= 0.3 is 0 Å². The molecular formula is C16H27N. The monoisotopic (exact) mass is 233 g/mol. The van der Waals surface area contributed by atoms with Crippen LogP contribution in [0.15, 0.2) is 30.3 Å². The topological polar surface area (TPSA) is 12.0 Å². The van der Waals surface area contributed by atoms with Gasteiger partial charge in [-0.15, -0.1) is 0 Å². The van der Waals surface area contributed by atoms with Crippen LogP contribution in [0, 0.1) is 5.41 Å². The highest BCUT2D eigenvalue weighted by Crippen LogP contribution is 2.25. The highest BCUT2D eigenvalue weighted by Gasteiger charge is 2.22. The van der Waals surface area contributed by atoms with E-state index in [4.69, 9.17) is 0 Å². The molecule has 2 atom stereocenters. The maximum Gasteiger partial charge on any atom is 0.0322 e. The first kappa shape index (κ1) is 14.2. The lowest BCUT2D eigenvalue weighted by Gasteiger charge is -2.32. The lowest BCUT2D eigenvalue weighted by Crippen LogP contribution is -2.39. The van der Waals surface area contributed by atoms with Gasteiger partial charge in [-0.05, 0) is 24.3 Å². The molecule has 0 radical (unpaired) electrons. The second-order valence-electron chi connectivity index (χ2n) is 6.01. The fourth-order valence-corrected chi connectivity index (χ4v) is 1.87. The van der Waals surface area contributed by atoms with E-state index in [1.54, 1.807) is 0 Å². The molecule has 0 heterocycles. The summed E-state index contributed by atoms with van der Waals surface area (Å²) in [5.41, 5.74) is 1.71. The molecule has 0 saturated heterocycles. The van der Waals surface area contributed by atoms with Gasteiger partial charge in [0.2, 0.25) is 0 Å². The van der Waals surface area contributed by atoms with Crippen molar-refractivity contribution in [2.75, 3.05) is 0 Å². The quantitative estimate of drug-likeness (QED) is 0.786.